The minimum atomic E-state index is -0.882. The van der Waals surface area contributed by atoms with Gasteiger partial charge in [-0.05, 0) is 12.2 Å². The number of rotatable bonds is 2. The van der Waals surface area contributed by atoms with E-state index in [1.54, 1.807) is 0 Å². The first-order chi connectivity index (χ1) is 5.66. The van der Waals surface area contributed by atoms with Gasteiger partial charge in [-0.25, -0.2) is 0 Å². The standard InChI is InChI=1S/C9H8O3/c1-2-7(10)6-4-3-5-8(11)9(6)12/h2-6,11H,1H2. The summed E-state index contributed by atoms with van der Waals surface area (Å²) in [5, 5.41) is 8.97. The molecule has 0 saturated heterocycles. The van der Waals surface area contributed by atoms with E-state index in [1.807, 2.05) is 0 Å². The van der Waals surface area contributed by atoms with Gasteiger partial charge in [0.05, 0.1) is 0 Å². The number of aliphatic hydroxyl groups excluding tert-OH is 1. The highest BCUT2D eigenvalue weighted by Crippen LogP contribution is 2.13. The number of ketones is 2. The lowest BCUT2D eigenvalue weighted by molar-refractivity contribution is -0.127. The molecular formula is C9H8O3. The van der Waals surface area contributed by atoms with Crippen LogP contribution in [0.4, 0.5) is 0 Å². The highest BCUT2D eigenvalue weighted by molar-refractivity contribution is 6.14. The maximum atomic E-state index is 11.1. The van der Waals surface area contributed by atoms with Gasteiger partial charge in [0.15, 0.2) is 11.5 Å². The lowest BCUT2D eigenvalue weighted by Crippen LogP contribution is -2.23. The Bertz CT molecular complexity index is 297. The fraction of sp³-hybridized carbons (Fsp3) is 0.111. The van der Waals surface area contributed by atoms with Crippen LogP contribution in [0.3, 0.4) is 0 Å². The molecule has 1 N–H and O–H groups in total. The Kier molecular flexibility index (Phi) is 2.24. The first kappa shape index (κ1) is 8.46. The molecule has 0 saturated carbocycles. The third kappa shape index (κ3) is 1.34. The van der Waals surface area contributed by atoms with Gasteiger partial charge < -0.3 is 5.11 Å². The Labute approximate surface area is 69.7 Å². The van der Waals surface area contributed by atoms with E-state index in [9.17, 15) is 9.59 Å². The molecule has 0 bridgehead atoms. The van der Waals surface area contributed by atoms with Crippen LogP contribution in [0, 0.1) is 5.92 Å². The number of carbonyl (C=O) groups excluding carboxylic acids is 2. The van der Waals surface area contributed by atoms with Crippen molar-refractivity contribution >= 4 is 11.6 Å². The van der Waals surface area contributed by atoms with Crippen molar-refractivity contribution in [3.8, 4) is 0 Å². The molecule has 0 aliphatic heterocycles. The Balaban J connectivity index is 2.90. The largest absolute Gasteiger partial charge is 0.504 e. The van der Waals surface area contributed by atoms with Crippen molar-refractivity contribution < 1.29 is 14.7 Å². The van der Waals surface area contributed by atoms with E-state index in [-0.39, 0.29) is 5.76 Å². The monoisotopic (exact) mass is 164 g/mol. The van der Waals surface area contributed by atoms with Gasteiger partial charge in [0.25, 0.3) is 0 Å². The summed E-state index contributed by atoms with van der Waals surface area (Å²) in [4.78, 5) is 22.1. The third-order valence-electron chi connectivity index (χ3n) is 1.60. The van der Waals surface area contributed by atoms with Crippen molar-refractivity contribution in [2.24, 2.45) is 5.92 Å². The third-order valence-corrected chi connectivity index (χ3v) is 1.60. The number of carbonyl (C=O) groups is 2. The topological polar surface area (TPSA) is 54.4 Å². The van der Waals surface area contributed by atoms with Crippen LogP contribution >= 0.6 is 0 Å². The average molecular weight is 164 g/mol. The Morgan fingerprint density at radius 1 is 1.67 bits per heavy atom. The van der Waals surface area contributed by atoms with Gasteiger partial charge in [0.2, 0.25) is 5.78 Å². The highest BCUT2D eigenvalue weighted by Gasteiger charge is 2.26. The Morgan fingerprint density at radius 2 is 2.33 bits per heavy atom. The van der Waals surface area contributed by atoms with Crippen LogP contribution in [0.15, 0.2) is 36.6 Å². The molecule has 0 spiro atoms. The van der Waals surface area contributed by atoms with Gasteiger partial charge in [-0.2, -0.15) is 0 Å². The van der Waals surface area contributed by atoms with Crippen LogP contribution in [0.2, 0.25) is 0 Å². The van der Waals surface area contributed by atoms with E-state index < -0.39 is 17.5 Å². The minimum Gasteiger partial charge on any atom is -0.504 e. The van der Waals surface area contributed by atoms with Crippen molar-refractivity contribution in [3.63, 3.8) is 0 Å². The van der Waals surface area contributed by atoms with Crippen LogP contribution in [0.1, 0.15) is 0 Å². The Hall–Kier alpha value is -1.64. The summed E-state index contributed by atoms with van der Waals surface area (Å²) in [6.45, 7) is 3.26. The van der Waals surface area contributed by atoms with Crippen LogP contribution < -0.4 is 0 Å². The first-order valence-corrected chi connectivity index (χ1v) is 3.44. The fourth-order valence-corrected chi connectivity index (χ4v) is 0.938. The number of Topliss-reactive ketones (excluding diaryl/α,β-unsaturated/α-hetero) is 1. The number of aliphatic hydroxyl groups is 1. The van der Waals surface area contributed by atoms with Gasteiger partial charge in [-0.1, -0.05) is 18.7 Å². The maximum absolute atomic E-state index is 11.1. The molecule has 12 heavy (non-hydrogen) atoms. The van der Waals surface area contributed by atoms with Crippen molar-refractivity contribution in [1.82, 2.24) is 0 Å². The summed E-state index contributed by atoms with van der Waals surface area (Å²) >= 11 is 0. The van der Waals surface area contributed by atoms with E-state index in [4.69, 9.17) is 5.11 Å². The molecule has 1 atom stereocenters. The summed E-state index contributed by atoms with van der Waals surface area (Å²) in [5.41, 5.74) is 0. The van der Waals surface area contributed by atoms with Crippen LogP contribution in [0.25, 0.3) is 0 Å². The minimum absolute atomic E-state index is 0.377. The normalized spacial score (nSPS) is 21.8. The summed E-state index contributed by atoms with van der Waals surface area (Å²) in [7, 11) is 0. The van der Waals surface area contributed by atoms with E-state index >= 15 is 0 Å². The SMILES string of the molecule is C=CC(=O)C1C=CC=C(O)C1=O. The van der Waals surface area contributed by atoms with E-state index in [1.165, 1.54) is 18.2 Å². The summed E-state index contributed by atoms with van der Waals surface area (Å²) in [6.07, 6.45) is 5.25. The van der Waals surface area contributed by atoms with Crippen LogP contribution in [0.5, 0.6) is 0 Å². The molecule has 0 amide bonds. The molecular weight excluding hydrogens is 156 g/mol. The molecule has 3 nitrogen and oxygen atoms in total. The summed E-state index contributed by atoms with van der Waals surface area (Å²) < 4.78 is 0. The van der Waals surface area contributed by atoms with Crippen molar-refractivity contribution in [1.29, 1.82) is 0 Å². The van der Waals surface area contributed by atoms with Gasteiger partial charge in [-0.15, -0.1) is 0 Å². The summed E-state index contributed by atoms with van der Waals surface area (Å²) in [6, 6.07) is 0. The maximum Gasteiger partial charge on any atom is 0.211 e. The fourth-order valence-electron chi connectivity index (χ4n) is 0.938. The Morgan fingerprint density at radius 3 is 2.92 bits per heavy atom. The molecule has 1 unspecified atom stereocenters. The molecule has 0 aromatic rings. The quantitative estimate of drug-likeness (QED) is 0.488. The van der Waals surface area contributed by atoms with Gasteiger partial charge in [-0.3, -0.25) is 9.59 Å². The molecule has 0 aromatic carbocycles. The molecule has 0 heterocycles. The first-order valence-electron chi connectivity index (χ1n) is 3.44. The molecule has 1 rings (SSSR count). The smallest absolute Gasteiger partial charge is 0.211 e. The second kappa shape index (κ2) is 3.17. The predicted octanol–water partition coefficient (Wildman–Crippen LogP) is 0.938. The molecule has 0 fully saturated rings. The van der Waals surface area contributed by atoms with Gasteiger partial charge in [0.1, 0.15) is 5.92 Å². The zero-order valence-corrected chi connectivity index (χ0v) is 6.36. The number of allylic oxidation sites excluding steroid dienone is 5. The molecule has 1 aliphatic carbocycles. The molecule has 1 aliphatic rings. The van der Waals surface area contributed by atoms with E-state index in [0.29, 0.717) is 0 Å². The number of hydrogen-bond acceptors (Lipinski definition) is 3. The highest BCUT2D eigenvalue weighted by atomic mass is 16.3. The molecule has 3 heteroatoms. The average Bonchev–Trinajstić information content (AvgIpc) is 2.08. The molecule has 0 aromatic heterocycles. The molecule has 0 radical (unpaired) electrons. The second-order valence-corrected chi connectivity index (χ2v) is 2.39. The van der Waals surface area contributed by atoms with Crippen LogP contribution in [-0.4, -0.2) is 16.7 Å². The van der Waals surface area contributed by atoms with Crippen LogP contribution in [-0.2, 0) is 9.59 Å². The molecule has 62 valence electrons. The zero-order chi connectivity index (χ0) is 9.14. The zero-order valence-electron chi connectivity index (χ0n) is 6.36. The second-order valence-electron chi connectivity index (χ2n) is 2.39. The predicted molar refractivity (Wildman–Crippen MR) is 43.6 cm³/mol. The lowest BCUT2D eigenvalue weighted by Gasteiger charge is -2.09. The number of hydrogen-bond donors (Lipinski definition) is 1. The van der Waals surface area contributed by atoms with Crippen molar-refractivity contribution in [2.75, 3.05) is 0 Å². The lowest BCUT2D eigenvalue weighted by atomic mass is 9.94. The van der Waals surface area contributed by atoms with Crippen molar-refractivity contribution in [3.05, 3.63) is 36.6 Å². The van der Waals surface area contributed by atoms with Gasteiger partial charge in [0, 0.05) is 0 Å². The van der Waals surface area contributed by atoms with E-state index in [2.05, 4.69) is 6.58 Å². The van der Waals surface area contributed by atoms with Crippen molar-refractivity contribution in [2.45, 2.75) is 0 Å². The van der Waals surface area contributed by atoms with E-state index in [0.717, 1.165) is 6.08 Å². The van der Waals surface area contributed by atoms with Gasteiger partial charge >= 0.3 is 0 Å². The summed E-state index contributed by atoms with van der Waals surface area (Å²) in [5.74, 6) is -2.22.